The minimum absolute atomic E-state index is 0. The van der Waals surface area contributed by atoms with Crippen molar-refractivity contribution in [2.75, 3.05) is 39.8 Å². The van der Waals surface area contributed by atoms with Gasteiger partial charge in [0, 0.05) is 45.2 Å². The molecule has 3 amide bonds. The zero-order chi connectivity index (χ0) is 28.6. The summed E-state index contributed by atoms with van der Waals surface area (Å²) in [5.74, 6) is 0.488. The summed E-state index contributed by atoms with van der Waals surface area (Å²) < 4.78 is 5.75. The highest BCUT2D eigenvalue weighted by Gasteiger charge is 2.54. The highest BCUT2D eigenvalue weighted by Crippen LogP contribution is 2.37. The van der Waals surface area contributed by atoms with Crippen LogP contribution in [0.25, 0.3) is 0 Å². The zero-order valence-electron chi connectivity index (χ0n) is 24.5. The summed E-state index contributed by atoms with van der Waals surface area (Å²) in [5, 5.41) is 16.7. The maximum absolute atomic E-state index is 13.7. The number of hydrogen-bond acceptors (Lipinski definition) is 6. The maximum atomic E-state index is 13.7. The van der Waals surface area contributed by atoms with Crippen LogP contribution in [-0.4, -0.2) is 89.6 Å². The van der Waals surface area contributed by atoms with Crippen molar-refractivity contribution in [3.8, 4) is 5.75 Å². The third kappa shape index (κ3) is 8.02. The van der Waals surface area contributed by atoms with E-state index in [1.165, 1.54) is 0 Å². The van der Waals surface area contributed by atoms with Gasteiger partial charge in [-0.3, -0.25) is 19.3 Å². The molecule has 2 aliphatic heterocycles. The second-order valence-electron chi connectivity index (χ2n) is 11.6. The number of nitrogens with zero attached hydrogens (tertiary/aromatic N) is 2. The minimum atomic E-state index is -0.860. The Bertz CT molecular complexity index is 1050. The van der Waals surface area contributed by atoms with Crippen LogP contribution in [0.4, 0.5) is 0 Å². The molecule has 0 bridgehead atoms. The van der Waals surface area contributed by atoms with E-state index >= 15 is 0 Å². The standard InChI is InChI=1S/C31H46N4O5.ClH/c1-3-4-19-35-28(37)26(23-30(39)14-6-5-7-15-30)33-29(38)31(35)16-20-34(21-17-31)18-8-9-22-40-25-12-10-24(11-13-25)27(36)32-2;/h8-13,26,39H,3-7,14-23H2,1-2H3,(H,32,36)(H,33,38);1H/b9-8+;/t26-;/m1./s1. The Hall–Kier alpha value is -2.62. The first-order valence-electron chi connectivity index (χ1n) is 15.0. The van der Waals surface area contributed by atoms with Gasteiger partial charge in [-0.15, -0.1) is 12.4 Å². The van der Waals surface area contributed by atoms with Crippen LogP contribution in [0.3, 0.4) is 0 Å². The van der Waals surface area contributed by atoms with Crippen LogP contribution in [0.1, 0.15) is 81.5 Å². The Balaban J connectivity index is 0.00000462. The van der Waals surface area contributed by atoms with Gasteiger partial charge in [-0.2, -0.15) is 0 Å². The van der Waals surface area contributed by atoms with Crippen LogP contribution in [0, 0.1) is 0 Å². The van der Waals surface area contributed by atoms with Crippen molar-refractivity contribution in [3.05, 3.63) is 42.0 Å². The first-order valence-corrected chi connectivity index (χ1v) is 15.0. The fourth-order valence-electron chi connectivity index (χ4n) is 6.33. The van der Waals surface area contributed by atoms with E-state index in [1.54, 1.807) is 31.3 Å². The third-order valence-electron chi connectivity index (χ3n) is 8.82. The number of aliphatic hydroxyl groups is 1. The molecule has 1 spiro atoms. The fourth-order valence-corrected chi connectivity index (χ4v) is 6.33. The van der Waals surface area contributed by atoms with E-state index < -0.39 is 17.2 Å². The largest absolute Gasteiger partial charge is 0.490 e. The predicted molar refractivity (Wildman–Crippen MR) is 161 cm³/mol. The van der Waals surface area contributed by atoms with Gasteiger partial charge >= 0.3 is 0 Å². The molecule has 1 saturated carbocycles. The topological polar surface area (TPSA) is 111 Å². The average molecular weight is 591 g/mol. The lowest BCUT2D eigenvalue weighted by Gasteiger charge is -2.52. The van der Waals surface area contributed by atoms with Crippen LogP contribution in [0.2, 0.25) is 0 Å². The molecule has 10 heteroatoms. The van der Waals surface area contributed by atoms with Gasteiger partial charge in [-0.1, -0.05) is 44.8 Å². The van der Waals surface area contributed by atoms with Gasteiger partial charge in [-0.25, -0.2) is 0 Å². The second-order valence-corrected chi connectivity index (χ2v) is 11.6. The number of nitrogens with one attached hydrogen (secondary N) is 2. The molecule has 0 radical (unpaired) electrons. The number of unbranched alkanes of at least 4 members (excludes halogenated alkanes) is 1. The van der Waals surface area contributed by atoms with E-state index in [2.05, 4.69) is 28.5 Å². The maximum Gasteiger partial charge on any atom is 0.251 e. The molecular weight excluding hydrogens is 544 g/mol. The predicted octanol–water partition coefficient (Wildman–Crippen LogP) is 3.45. The van der Waals surface area contributed by atoms with Gasteiger partial charge in [0.2, 0.25) is 11.8 Å². The van der Waals surface area contributed by atoms with Crippen LogP contribution in [0.15, 0.2) is 36.4 Å². The van der Waals surface area contributed by atoms with Crippen LogP contribution < -0.4 is 15.4 Å². The Kier molecular flexibility index (Phi) is 12.1. The molecular formula is C31H47ClN4O5. The molecule has 0 aromatic heterocycles. The van der Waals surface area contributed by atoms with Crippen molar-refractivity contribution < 1.29 is 24.2 Å². The van der Waals surface area contributed by atoms with Gasteiger partial charge in [0.05, 0.1) is 5.60 Å². The summed E-state index contributed by atoms with van der Waals surface area (Å²) in [6.45, 7) is 5.30. The number of hydrogen-bond donors (Lipinski definition) is 3. The number of carbonyl (C=O) groups is 3. The first kappa shape index (κ1) is 32.9. The van der Waals surface area contributed by atoms with Crippen LogP contribution in [0.5, 0.6) is 5.75 Å². The Labute approximate surface area is 250 Å². The van der Waals surface area contributed by atoms with Crippen LogP contribution >= 0.6 is 12.4 Å². The number of likely N-dealkylation sites (tertiary alicyclic amines) is 1. The zero-order valence-corrected chi connectivity index (χ0v) is 25.3. The van der Waals surface area contributed by atoms with Crippen molar-refractivity contribution in [1.82, 2.24) is 20.4 Å². The highest BCUT2D eigenvalue weighted by atomic mass is 35.5. The van der Waals surface area contributed by atoms with Gasteiger partial charge in [-0.05, 0) is 56.4 Å². The van der Waals surface area contributed by atoms with E-state index in [-0.39, 0.29) is 30.1 Å². The minimum Gasteiger partial charge on any atom is -0.490 e. The van der Waals surface area contributed by atoms with Crippen LogP contribution in [-0.2, 0) is 9.59 Å². The van der Waals surface area contributed by atoms with E-state index in [0.717, 1.165) is 51.7 Å². The van der Waals surface area contributed by atoms with Crippen molar-refractivity contribution in [1.29, 1.82) is 0 Å². The molecule has 3 fully saturated rings. The summed E-state index contributed by atoms with van der Waals surface area (Å²) in [5.41, 5.74) is -1.07. The summed E-state index contributed by atoms with van der Waals surface area (Å²) in [6.07, 6.45) is 11.8. The number of carbonyl (C=O) groups excluding carboxylic acids is 3. The van der Waals surface area contributed by atoms with E-state index in [4.69, 9.17) is 4.74 Å². The summed E-state index contributed by atoms with van der Waals surface area (Å²) in [6, 6.07) is 6.39. The number of piperazine rings is 1. The third-order valence-corrected chi connectivity index (χ3v) is 8.82. The molecule has 228 valence electrons. The van der Waals surface area contributed by atoms with Gasteiger partial charge in [0.15, 0.2) is 0 Å². The molecule has 9 nitrogen and oxygen atoms in total. The second kappa shape index (κ2) is 15.0. The van der Waals surface area contributed by atoms with E-state index in [0.29, 0.717) is 56.6 Å². The number of rotatable bonds is 11. The number of piperidine rings is 1. The average Bonchev–Trinajstić information content (AvgIpc) is 2.97. The van der Waals surface area contributed by atoms with Gasteiger partial charge in [0.25, 0.3) is 5.91 Å². The molecule has 41 heavy (non-hydrogen) atoms. The fraction of sp³-hybridized carbons (Fsp3) is 0.645. The molecule has 1 aromatic rings. The smallest absolute Gasteiger partial charge is 0.251 e. The molecule has 3 aliphatic rings. The molecule has 1 aromatic carbocycles. The number of amides is 3. The Morgan fingerprint density at radius 3 is 2.41 bits per heavy atom. The highest BCUT2D eigenvalue weighted by molar-refractivity contribution is 6.00. The Morgan fingerprint density at radius 2 is 1.78 bits per heavy atom. The van der Waals surface area contributed by atoms with Gasteiger partial charge < -0.3 is 25.4 Å². The number of halogens is 1. The Morgan fingerprint density at radius 1 is 1.10 bits per heavy atom. The van der Waals surface area contributed by atoms with E-state index in [1.807, 2.05) is 11.0 Å². The molecule has 4 rings (SSSR count). The molecule has 1 aliphatic carbocycles. The van der Waals surface area contributed by atoms with Crippen molar-refractivity contribution >= 4 is 30.1 Å². The lowest BCUT2D eigenvalue weighted by atomic mass is 9.77. The first-order chi connectivity index (χ1) is 19.3. The molecule has 2 heterocycles. The molecule has 2 saturated heterocycles. The quantitative estimate of drug-likeness (QED) is 0.341. The van der Waals surface area contributed by atoms with Crippen molar-refractivity contribution in [2.45, 2.75) is 88.3 Å². The summed E-state index contributed by atoms with van der Waals surface area (Å²) >= 11 is 0. The molecule has 0 unspecified atom stereocenters. The lowest BCUT2D eigenvalue weighted by molar-refractivity contribution is -0.163. The monoisotopic (exact) mass is 590 g/mol. The molecule has 1 atom stereocenters. The molecule has 3 N–H and O–H groups in total. The SMILES string of the molecule is CCCCN1C(=O)[C@@H](CC2(O)CCCCC2)NC(=O)C12CCN(C/C=C/COc1ccc(C(=O)NC)cc1)CC2.Cl. The number of ether oxygens (including phenoxy) is 1. The van der Waals surface area contributed by atoms with Crippen molar-refractivity contribution in [3.63, 3.8) is 0 Å². The summed E-state index contributed by atoms with van der Waals surface area (Å²) in [7, 11) is 1.60. The van der Waals surface area contributed by atoms with Crippen molar-refractivity contribution in [2.24, 2.45) is 0 Å². The van der Waals surface area contributed by atoms with E-state index in [9.17, 15) is 19.5 Å². The lowest BCUT2D eigenvalue weighted by Crippen LogP contribution is -2.73. The van der Waals surface area contributed by atoms with Gasteiger partial charge in [0.1, 0.15) is 23.9 Å². The normalized spacial score (nSPS) is 22.3. The number of benzene rings is 1. The summed E-state index contributed by atoms with van der Waals surface area (Å²) in [4.78, 5) is 43.1.